The van der Waals surface area contributed by atoms with E-state index in [1.807, 2.05) is 17.5 Å². The molecule has 0 radical (unpaired) electrons. The van der Waals surface area contributed by atoms with Crippen LogP contribution in [-0.4, -0.2) is 27.8 Å². The summed E-state index contributed by atoms with van der Waals surface area (Å²) >= 11 is 1.46. The summed E-state index contributed by atoms with van der Waals surface area (Å²) in [7, 11) is 0. The van der Waals surface area contributed by atoms with E-state index in [4.69, 9.17) is 0 Å². The van der Waals surface area contributed by atoms with E-state index in [1.165, 1.54) is 11.3 Å². The number of aromatic nitrogens is 2. The molecule has 0 saturated heterocycles. The molecule has 0 spiro atoms. The Morgan fingerprint density at radius 3 is 3.05 bits per heavy atom. The van der Waals surface area contributed by atoms with Crippen LogP contribution in [0, 0.1) is 0 Å². The van der Waals surface area contributed by atoms with Crippen molar-refractivity contribution in [3.8, 4) is 0 Å². The van der Waals surface area contributed by atoms with Gasteiger partial charge >= 0.3 is 0 Å². The third kappa shape index (κ3) is 3.46. The average molecular weight is 293 g/mol. The average Bonchev–Trinajstić information content (AvgIpc) is 3.07. The van der Waals surface area contributed by atoms with Gasteiger partial charge in [0, 0.05) is 10.6 Å². The first-order chi connectivity index (χ1) is 9.53. The minimum Gasteiger partial charge on any atom is -0.383 e. The van der Waals surface area contributed by atoms with Crippen molar-refractivity contribution in [2.24, 2.45) is 0 Å². The lowest BCUT2D eigenvalue weighted by Gasteiger charge is -2.21. The van der Waals surface area contributed by atoms with Gasteiger partial charge < -0.3 is 10.4 Å². The topological polar surface area (TPSA) is 78.0 Å². The van der Waals surface area contributed by atoms with Crippen LogP contribution in [0.5, 0.6) is 0 Å². The molecule has 20 heavy (non-hydrogen) atoms. The lowest BCUT2D eigenvalue weighted by atomic mass is 10.1. The summed E-state index contributed by atoms with van der Waals surface area (Å²) in [5.74, 6) is -0.277. The van der Waals surface area contributed by atoms with E-state index in [-0.39, 0.29) is 12.5 Å². The number of aromatic amines is 1. The van der Waals surface area contributed by atoms with Gasteiger partial charge in [0.05, 0.1) is 6.54 Å². The Bertz CT molecular complexity index is 561. The summed E-state index contributed by atoms with van der Waals surface area (Å²) in [5.41, 5.74) is 0.241. The number of nitrogens with one attached hydrogen (secondary N) is 2. The molecule has 6 heteroatoms. The maximum absolute atomic E-state index is 12.0. The lowest BCUT2D eigenvalue weighted by molar-refractivity contribution is 0.0555. The van der Waals surface area contributed by atoms with Gasteiger partial charge in [-0.2, -0.15) is 5.10 Å². The number of nitrogens with zero attached hydrogens (tertiary/aromatic N) is 1. The van der Waals surface area contributed by atoms with Crippen LogP contribution in [0.25, 0.3) is 0 Å². The zero-order chi connectivity index (χ0) is 14.6. The maximum Gasteiger partial charge on any atom is 0.271 e. The molecule has 2 heterocycles. The summed E-state index contributed by atoms with van der Waals surface area (Å²) in [5, 5.41) is 21.8. The maximum atomic E-state index is 12.0. The van der Waals surface area contributed by atoms with E-state index in [9.17, 15) is 9.90 Å². The van der Waals surface area contributed by atoms with Crippen molar-refractivity contribution in [3.05, 3.63) is 39.8 Å². The summed E-state index contributed by atoms with van der Waals surface area (Å²) in [4.78, 5) is 12.8. The van der Waals surface area contributed by atoms with Crippen LogP contribution in [0.4, 0.5) is 0 Å². The SMILES string of the molecule is CCCc1cc(C(=O)NCC(C)(O)c2cccs2)n[nH]1. The van der Waals surface area contributed by atoms with Crippen molar-refractivity contribution in [1.29, 1.82) is 0 Å². The largest absolute Gasteiger partial charge is 0.383 e. The van der Waals surface area contributed by atoms with Crippen molar-refractivity contribution in [1.82, 2.24) is 15.5 Å². The van der Waals surface area contributed by atoms with E-state index in [2.05, 4.69) is 22.4 Å². The number of rotatable bonds is 6. The molecule has 0 saturated carbocycles. The van der Waals surface area contributed by atoms with Crippen LogP contribution in [0.15, 0.2) is 23.6 Å². The van der Waals surface area contributed by atoms with Gasteiger partial charge in [0.2, 0.25) is 0 Å². The molecule has 0 aliphatic heterocycles. The number of carbonyl (C=O) groups is 1. The summed E-state index contributed by atoms with van der Waals surface area (Å²) in [6, 6.07) is 5.48. The smallest absolute Gasteiger partial charge is 0.271 e. The Morgan fingerprint density at radius 2 is 2.40 bits per heavy atom. The molecule has 108 valence electrons. The number of thiophene rings is 1. The van der Waals surface area contributed by atoms with Crippen LogP contribution >= 0.6 is 11.3 Å². The molecule has 2 aromatic rings. The quantitative estimate of drug-likeness (QED) is 0.763. The second-order valence-electron chi connectivity index (χ2n) is 4.96. The van der Waals surface area contributed by atoms with Crippen molar-refractivity contribution in [2.45, 2.75) is 32.3 Å². The van der Waals surface area contributed by atoms with Crippen molar-refractivity contribution >= 4 is 17.2 Å². The number of amides is 1. The van der Waals surface area contributed by atoms with Gasteiger partial charge in [-0.05, 0) is 30.9 Å². The Balaban J connectivity index is 1.94. The van der Waals surface area contributed by atoms with Crippen molar-refractivity contribution in [2.75, 3.05) is 6.54 Å². The van der Waals surface area contributed by atoms with Gasteiger partial charge in [-0.1, -0.05) is 19.4 Å². The minimum atomic E-state index is -1.06. The fourth-order valence-corrected chi connectivity index (χ4v) is 2.68. The lowest BCUT2D eigenvalue weighted by Crippen LogP contribution is -2.38. The molecular formula is C14H19N3O2S. The van der Waals surface area contributed by atoms with Crippen LogP contribution in [0.2, 0.25) is 0 Å². The van der Waals surface area contributed by atoms with E-state index < -0.39 is 5.60 Å². The van der Waals surface area contributed by atoms with Crippen LogP contribution < -0.4 is 5.32 Å². The molecule has 1 unspecified atom stereocenters. The molecule has 2 aromatic heterocycles. The zero-order valence-electron chi connectivity index (χ0n) is 11.6. The van der Waals surface area contributed by atoms with Crippen molar-refractivity contribution < 1.29 is 9.90 Å². The molecule has 0 aliphatic carbocycles. The molecule has 0 aliphatic rings. The standard InChI is InChI=1S/C14H19N3O2S/c1-3-5-10-8-11(17-16-10)13(18)15-9-14(2,19)12-6-4-7-20-12/h4,6-8,19H,3,5,9H2,1-2H3,(H,15,18)(H,16,17). The van der Waals surface area contributed by atoms with Crippen LogP contribution in [0.3, 0.4) is 0 Å². The Morgan fingerprint density at radius 1 is 1.60 bits per heavy atom. The highest BCUT2D eigenvalue weighted by molar-refractivity contribution is 7.10. The number of H-pyrrole nitrogens is 1. The first kappa shape index (κ1) is 14.7. The monoisotopic (exact) mass is 293 g/mol. The Kier molecular flexibility index (Phi) is 4.57. The van der Waals surface area contributed by atoms with Crippen molar-refractivity contribution in [3.63, 3.8) is 0 Å². The van der Waals surface area contributed by atoms with Gasteiger partial charge in [-0.15, -0.1) is 11.3 Å². The molecule has 0 fully saturated rings. The Hall–Kier alpha value is -1.66. The predicted molar refractivity (Wildman–Crippen MR) is 78.8 cm³/mol. The minimum absolute atomic E-state index is 0.155. The second-order valence-corrected chi connectivity index (χ2v) is 5.91. The molecule has 1 amide bonds. The van der Waals surface area contributed by atoms with Gasteiger partial charge in [0.1, 0.15) is 11.3 Å². The van der Waals surface area contributed by atoms with E-state index in [0.29, 0.717) is 5.69 Å². The molecule has 1 atom stereocenters. The van der Waals surface area contributed by atoms with Gasteiger partial charge in [-0.3, -0.25) is 9.89 Å². The summed E-state index contributed by atoms with van der Waals surface area (Å²) in [6.07, 6.45) is 1.86. The first-order valence-electron chi connectivity index (χ1n) is 6.62. The van der Waals surface area contributed by atoms with Crippen LogP contribution in [0.1, 0.15) is 41.3 Å². The third-order valence-corrected chi connectivity index (χ3v) is 4.15. The molecule has 5 nitrogen and oxygen atoms in total. The van der Waals surface area contributed by atoms with E-state index in [1.54, 1.807) is 13.0 Å². The zero-order valence-corrected chi connectivity index (χ0v) is 12.5. The second kappa shape index (κ2) is 6.19. The number of hydrogen-bond acceptors (Lipinski definition) is 4. The molecule has 0 bridgehead atoms. The Labute approximate surface area is 122 Å². The van der Waals surface area contributed by atoms with Crippen LogP contribution in [-0.2, 0) is 12.0 Å². The number of carbonyl (C=O) groups excluding carboxylic acids is 1. The summed E-state index contributed by atoms with van der Waals surface area (Å²) in [6.45, 7) is 3.91. The molecule has 2 rings (SSSR count). The highest BCUT2D eigenvalue weighted by Gasteiger charge is 2.25. The first-order valence-corrected chi connectivity index (χ1v) is 7.49. The molecule has 3 N–H and O–H groups in total. The summed E-state index contributed by atoms with van der Waals surface area (Å²) < 4.78 is 0. The van der Waals surface area contributed by atoms with Gasteiger partial charge in [-0.25, -0.2) is 0 Å². The van der Waals surface area contributed by atoms with Gasteiger partial charge in [0.15, 0.2) is 0 Å². The molecular weight excluding hydrogens is 274 g/mol. The number of aliphatic hydroxyl groups is 1. The highest BCUT2D eigenvalue weighted by atomic mass is 32.1. The third-order valence-electron chi connectivity index (χ3n) is 3.03. The fraction of sp³-hybridized carbons (Fsp3) is 0.429. The molecule has 0 aromatic carbocycles. The highest BCUT2D eigenvalue weighted by Crippen LogP contribution is 2.24. The van der Waals surface area contributed by atoms with Gasteiger partial charge in [0.25, 0.3) is 5.91 Å². The normalized spacial score (nSPS) is 13.9. The van der Waals surface area contributed by atoms with E-state index in [0.717, 1.165) is 23.4 Å². The van der Waals surface area contributed by atoms with E-state index >= 15 is 0 Å². The fourth-order valence-electron chi connectivity index (χ4n) is 1.89. The number of aryl methyl sites for hydroxylation is 1. The number of hydrogen-bond donors (Lipinski definition) is 3. The predicted octanol–water partition coefficient (Wildman–Crippen LogP) is 2.06.